The van der Waals surface area contributed by atoms with Gasteiger partial charge in [0.2, 0.25) is 0 Å². The molecule has 0 fully saturated rings. The molecule has 0 amide bonds. The molecule has 0 aliphatic heterocycles. The number of hydrogen-bond donors (Lipinski definition) is 0. The van der Waals surface area contributed by atoms with E-state index in [9.17, 15) is 0 Å². The van der Waals surface area contributed by atoms with Crippen LogP contribution in [0.1, 0.15) is 50.3 Å². The number of hydrogen-bond acceptors (Lipinski definition) is 0. The highest BCUT2D eigenvalue weighted by Crippen LogP contribution is 2.49. The second kappa shape index (κ2) is 2.85. The Morgan fingerprint density at radius 2 is 1.79 bits per heavy atom. The van der Waals surface area contributed by atoms with Gasteiger partial charge in [0.25, 0.3) is 0 Å². The molecule has 1 aliphatic carbocycles. The monoisotopic (exact) mass is 188 g/mol. The average Bonchev–Trinajstić information content (AvgIpc) is 2.29. The fraction of sp³-hybridized carbons (Fsp3) is 0.571. The van der Waals surface area contributed by atoms with E-state index in [0.29, 0.717) is 11.3 Å². The van der Waals surface area contributed by atoms with Crippen LogP contribution in [0.2, 0.25) is 0 Å². The zero-order valence-corrected chi connectivity index (χ0v) is 9.89. The minimum absolute atomic E-state index is 0.348. The molecule has 1 aliphatic rings. The first-order valence-corrected chi connectivity index (χ1v) is 5.55. The fourth-order valence-electron chi connectivity index (χ4n) is 2.76. The van der Waals surface area contributed by atoms with Crippen LogP contribution in [0.4, 0.5) is 0 Å². The van der Waals surface area contributed by atoms with Gasteiger partial charge in [-0.15, -0.1) is 0 Å². The van der Waals surface area contributed by atoms with Crippen LogP contribution in [0.3, 0.4) is 0 Å². The Morgan fingerprint density at radius 1 is 1.14 bits per heavy atom. The summed E-state index contributed by atoms with van der Waals surface area (Å²) < 4.78 is 0. The zero-order chi connectivity index (χ0) is 10.5. The lowest BCUT2D eigenvalue weighted by atomic mass is 9.77. The molecule has 76 valence electrons. The number of aryl methyl sites for hydroxylation is 1. The summed E-state index contributed by atoms with van der Waals surface area (Å²) in [5, 5.41) is 0. The Hall–Kier alpha value is -0.780. The molecule has 2 unspecified atom stereocenters. The van der Waals surface area contributed by atoms with E-state index in [-0.39, 0.29) is 0 Å². The summed E-state index contributed by atoms with van der Waals surface area (Å²) in [6.07, 6.45) is 0. The van der Waals surface area contributed by atoms with Crippen molar-refractivity contribution in [3.8, 4) is 0 Å². The molecule has 0 radical (unpaired) electrons. The topological polar surface area (TPSA) is 0 Å². The Labute approximate surface area is 87.3 Å². The quantitative estimate of drug-likeness (QED) is 0.576. The van der Waals surface area contributed by atoms with Crippen LogP contribution in [-0.2, 0) is 5.41 Å². The van der Waals surface area contributed by atoms with Gasteiger partial charge in [0.15, 0.2) is 0 Å². The molecule has 0 nitrogen and oxygen atoms in total. The summed E-state index contributed by atoms with van der Waals surface area (Å²) in [7, 11) is 0. The second-order valence-corrected chi connectivity index (χ2v) is 5.39. The van der Waals surface area contributed by atoms with Crippen LogP contribution in [0, 0.1) is 12.8 Å². The summed E-state index contributed by atoms with van der Waals surface area (Å²) in [6, 6.07) is 6.93. The number of rotatable bonds is 0. The molecule has 0 saturated heterocycles. The lowest BCUT2D eigenvalue weighted by Gasteiger charge is -2.27. The zero-order valence-electron chi connectivity index (χ0n) is 9.89. The molecular weight excluding hydrogens is 168 g/mol. The van der Waals surface area contributed by atoms with E-state index in [2.05, 4.69) is 52.8 Å². The third kappa shape index (κ3) is 1.13. The van der Waals surface area contributed by atoms with Crippen LogP contribution in [0.5, 0.6) is 0 Å². The molecular formula is C14H20. The van der Waals surface area contributed by atoms with Crippen LogP contribution in [0.15, 0.2) is 18.2 Å². The van der Waals surface area contributed by atoms with Crippen molar-refractivity contribution in [3.63, 3.8) is 0 Å². The maximum atomic E-state index is 2.38. The van der Waals surface area contributed by atoms with Gasteiger partial charge in [-0.1, -0.05) is 51.5 Å². The molecule has 14 heavy (non-hydrogen) atoms. The average molecular weight is 188 g/mol. The number of benzene rings is 1. The summed E-state index contributed by atoms with van der Waals surface area (Å²) in [5.74, 6) is 1.46. The van der Waals surface area contributed by atoms with Crippen molar-refractivity contribution in [2.75, 3.05) is 0 Å². The van der Waals surface area contributed by atoms with Gasteiger partial charge in [0.05, 0.1) is 0 Å². The Morgan fingerprint density at radius 3 is 2.43 bits per heavy atom. The maximum absolute atomic E-state index is 2.38. The van der Waals surface area contributed by atoms with E-state index in [0.717, 1.165) is 5.92 Å². The van der Waals surface area contributed by atoms with Crippen molar-refractivity contribution in [1.29, 1.82) is 0 Å². The minimum atomic E-state index is 0.348. The highest BCUT2D eigenvalue weighted by molar-refractivity contribution is 5.44. The van der Waals surface area contributed by atoms with Gasteiger partial charge in [-0.25, -0.2) is 0 Å². The molecule has 1 aromatic rings. The SMILES string of the molecule is Cc1ccc2c(c1)C(C)(C)C(C)C2C. The molecule has 2 rings (SSSR count). The van der Waals surface area contributed by atoms with E-state index in [1.165, 1.54) is 5.56 Å². The van der Waals surface area contributed by atoms with Gasteiger partial charge in [0, 0.05) is 0 Å². The van der Waals surface area contributed by atoms with E-state index >= 15 is 0 Å². The molecule has 0 spiro atoms. The molecule has 0 saturated carbocycles. The van der Waals surface area contributed by atoms with Gasteiger partial charge in [-0.05, 0) is 35.3 Å². The lowest BCUT2D eigenvalue weighted by Crippen LogP contribution is -2.22. The van der Waals surface area contributed by atoms with Gasteiger partial charge in [-0.3, -0.25) is 0 Å². The molecule has 2 atom stereocenters. The van der Waals surface area contributed by atoms with Crippen LogP contribution in [-0.4, -0.2) is 0 Å². The first kappa shape index (κ1) is 9.76. The third-order valence-corrected chi connectivity index (χ3v) is 4.28. The highest BCUT2D eigenvalue weighted by atomic mass is 14.4. The predicted octanol–water partition coefficient (Wildman–Crippen LogP) is 4.03. The molecule has 0 heterocycles. The molecule has 0 bridgehead atoms. The van der Waals surface area contributed by atoms with Crippen molar-refractivity contribution in [2.45, 2.75) is 46.0 Å². The molecule has 1 aromatic carbocycles. The van der Waals surface area contributed by atoms with Crippen molar-refractivity contribution in [3.05, 3.63) is 34.9 Å². The minimum Gasteiger partial charge on any atom is -0.0611 e. The third-order valence-electron chi connectivity index (χ3n) is 4.28. The van der Waals surface area contributed by atoms with Crippen molar-refractivity contribution in [2.24, 2.45) is 5.92 Å². The summed E-state index contributed by atoms with van der Waals surface area (Å²) >= 11 is 0. The van der Waals surface area contributed by atoms with Crippen molar-refractivity contribution < 1.29 is 0 Å². The standard InChI is InChI=1S/C14H20/c1-9-6-7-12-10(2)11(3)14(4,5)13(12)8-9/h6-8,10-11H,1-5H3. The van der Waals surface area contributed by atoms with Crippen LogP contribution < -0.4 is 0 Å². The largest absolute Gasteiger partial charge is 0.0611 e. The van der Waals surface area contributed by atoms with E-state index < -0.39 is 0 Å². The molecule has 0 heteroatoms. The Kier molecular flexibility index (Phi) is 1.99. The summed E-state index contributed by atoms with van der Waals surface area (Å²) in [4.78, 5) is 0. The van der Waals surface area contributed by atoms with Crippen molar-refractivity contribution >= 4 is 0 Å². The summed E-state index contributed by atoms with van der Waals surface area (Å²) in [6.45, 7) is 11.7. The van der Waals surface area contributed by atoms with E-state index in [4.69, 9.17) is 0 Å². The van der Waals surface area contributed by atoms with E-state index in [1.807, 2.05) is 0 Å². The smallest absolute Gasteiger partial charge is 0.00693 e. The van der Waals surface area contributed by atoms with Gasteiger partial charge >= 0.3 is 0 Å². The van der Waals surface area contributed by atoms with Gasteiger partial charge in [-0.2, -0.15) is 0 Å². The Bertz CT molecular complexity index is 360. The normalized spacial score (nSPS) is 28.9. The maximum Gasteiger partial charge on any atom is -0.00693 e. The molecule has 0 N–H and O–H groups in total. The first-order chi connectivity index (χ1) is 6.44. The second-order valence-electron chi connectivity index (χ2n) is 5.39. The Balaban J connectivity index is 2.63. The summed E-state index contributed by atoms with van der Waals surface area (Å²) in [5.41, 5.74) is 4.87. The lowest BCUT2D eigenvalue weighted by molar-refractivity contribution is 0.342. The highest BCUT2D eigenvalue weighted by Gasteiger charge is 2.40. The predicted molar refractivity (Wildman–Crippen MR) is 61.8 cm³/mol. The van der Waals surface area contributed by atoms with Crippen LogP contribution >= 0.6 is 0 Å². The fourth-order valence-corrected chi connectivity index (χ4v) is 2.76. The van der Waals surface area contributed by atoms with E-state index in [1.54, 1.807) is 11.1 Å². The first-order valence-electron chi connectivity index (χ1n) is 5.55. The number of fused-ring (bicyclic) bond motifs is 1. The van der Waals surface area contributed by atoms with Gasteiger partial charge < -0.3 is 0 Å². The van der Waals surface area contributed by atoms with Crippen LogP contribution in [0.25, 0.3) is 0 Å². The van der Waals surface area contributed by atoms with Gasteiger partial charge in [0.1, 0.15) is 0 Å². The molecule has 0 aromatic heterocycles. The van der Waals surface area contributed by atoms with Crippen molar-refractivity contribution in [1.82, 2.24) is 0 Å².